The molecule has 0 atom stereocenters. The van der Waals surface area contributed by atoms with E-state index in [4.69, 9.17) is 4.74 Å². The van der Waals surface area contributed by atoms with E-state index in [1.54, 1.807) is 0 Å². The summed E-state index contributed by atoms with van der Waals surface area (Å²) in [4.78, 5) is 12.5. The van der Waals surface area contributed by atoms with Gasteiger partial charge in [0.1, 0.15) is 12.4 Å². The molecule has 0 aliphatic heterocycles. The van der Waals surface area contributed by atoms with Crippen LogP contribution in [0.3, 0.4) is 0 Å². The van der Waals surface area contributed by atoms with E-state index in [-0.39, 0.29) is 11.7 Å². The molecular formula is C24H23IN4O2S. The fourth-order valence-electron chi connectivity index (χ4n) is 3.47. The molecule has 0 saturated heterocycles. The Morgan fingerprint density at radius 3 is 2.59 bits per heavy atom. The fourth-order valence-corrected chi connectivity index (χ4v) is 5.14. The summed E-state index contributed by atoms with van der Waals surface area (Å²) in [6.45, 7) is 4.30. The van der Waals surface area contributed by atoms with Crippen LogP contribution >= 0.6 is 34.4 Å². The Labute approximate surface area is 204 Å². The smallest absolute Gasteiger partial charge is 0.234 e. The minimum absolute atomic E-state index is 0.0704. The molecule has 1 N–H and O–H groups in total. The Bertz CT molecular complexity index is 1260. The van der Waals surface area contributed by atoms with Gasteiger partial charge in [-0.3, -0.25) is 4.79 Å². The highest BCUT2D eigenvalue weighted by molar-refractivity contribution is 14.1. The number of hydrogen-bond acceptors (Lipinski definition) is 5. The fraction of sp³-hybridized carbons (Fsp3) is 0.208. The number of anilines is 1. The Morgan fingerprint density at radius 1 is 1.09 bits per heavy atom. The van der Waals surface area contributed by atoms with Crippen LogP contribution in [-0.4, -0.2) is 26.4 Å². The van der Waals surface area contributed by atoms with Gasteiger partial charge >= 0.3 is 0 Å². The van der Waals surface area contributed by atoms with Crippen molar-refractivity contribution >= 4 is 56.7 Å². The lowest BCUT2D eigenvalue weighted by molar-refractivity contribution is -0.113. The van der Waals surface area contributed by atoms with Gasteiger partial charge in [0.15, 0.2) is 11.0 Å². The van der Waals surface area contributed by atoms with Gasteiger partial charge in [-0.1, -0.05) is 48.2 Å². The molecule has 1 amide bonds. The number of thioether (sulfide) groups is 1. The Hall–Kier alpha value is -2.59. The van der Waals surface area contributed by atoms with Gasteiger partial charge in [0.2, 0.25) is 5.91 Å². The SMILES string of the molecule is Cc1cc(I)cc(C)c1NC(=O)CSc1nnc(COc2cccc3ccccc23)n1C. The van der Waals surface area contributed by atoms with E-state index in [1.165, 1.54) is 11.8 Å². The van der Waals surface area contributed by atoms with Crippen LogP contribution in [0.25, 0.3) is 10.8 Å². The summed E-state index contributed by atoms with van der Waals surface area (Å²) in [6, 6.07) is 18.2. The minimum Gasteiger partial charge on any atom is -0.485 e. The topological polar surface area (TPSA) is 69.0 Å². The molecule has 164 valence electrons. The van der Waals surface area contributed by atoms with Crippen molar-refractivity contribution in [2.45, 2.75) is 25.6 Å². The molecule has 4 rings (SSSR count). The van der Waals surface area contributed by atoms with Crippen LogP contribution in [0.5, 0.6) is 5.75 Å². The molecule has 0 aliphatic carbocycles. The predicted molar refractivity (Wildman–Crippen MR) is 137 cm³/mol. The van der Waals surface area contributed by atoms with E-state index >= 15 is 0 Å². The van der Waals surface area contributed by atoms with Crippen LogP contribution in [0.4, 0.5) is 5.69 Å². The predicted octanol–water partition coefficient (Wildman–Crippen LogP) is 5.50. The zero-order valence-electron chi connectivity index (χ0n) is 18.1. The molecule has 6 nitrogen and oxygen atoms in total. The normalized spacial score (nSPS) is 11.0. The maximum absolute atomic E-state index is 12.5. The quantitative estimate of drug-likeness (QED) is 0.240. The van der Waals surface area contributed by atoms with Crippen LogP contribution in [-0.2, 0) is 18.4 Å². The van der Waals surface area contributed by atoms with Gasteiger partial charge in [0.25, 0.3) is 0 Å². The minimum atomic E-state index is -0.0704. The van der Waals surface area contributed by atoms with Crippen LogP contribution in [0.15, 0.2) is 59.8 Å². The lowest BCUT2D eigenvalue weighted by Crippen LogP contribution is -2.16. The van der Waals surface area contributed by atoms with Crippen LogP contribution < -0.4 is 10.1 Å². The van der Waals surface area contributed by atoms with Gasteiger partial charge in [-0.05, 0) is 71.2 Å². The van der Waals surface area contributed by atoms with Crippen LogP contribution in [0, 0.1) is 17.4 Å². The maximum atomic E-state index is 12.5. The maximum Gasteiger partial charge on any atom is 0.234 e. The first-order valence-electron chi connectivity index (χ1n) is 10.1. The van der Waals surface area contributed by atoms with E-state index in [9.17, 15) is 4.79 Å². The van der Waals surface area contributed by atoms with Gasteiger partial charge in [0.05, 0.1) is 5.75 Å². The third-order valence-corrected chi connectivity index (χ3v) is 6.77. The van der Waals surface area contributed by atoms with Crippen molar-refractivity contribution in [3.8, 4) is 5.75 Å². The molecule has 3 aromatic carbocycles. The number of ether oxygens (including phenoxy) is 1. The van der Waals surface area contributed by atoms with E-state index in [2.05, 4.69) is 62.4 Å². The van der Waals surface area contributed by atoms with E-state index in [1.807, 2.05) is 55.8 Å². The molecule has 0 spiro atoms. The highest BCUT2D eigenvalue weighted by atomic mass is 127. The number of benzene rings is 3. The second-order valence-corrected chi connectivity index (χ2v) is 9.66. The summed E-state index contributed by atoms with van der Waals surface area (Å²) in [5.74, 6) is 1.69. The Morgan fingerprint density at radius 2 is 1.81 bits per heavy atom. The van der Waals surface area contributed by atoms with Crippen molar-refractivity contribution in [2.24, 2.45) is 7.05 Å². The first-order valence-corrected chi connectivity index (χ1v) is 12.2. The first-order chi connectivity index (χ1) is 15.4. The number of amides is 1. The summed E-state index contributed by atoms with van der Waals surface area (Å²) in [7, 11) is 1.88. The van der Waals surface area contributed by atoms with E-state index < -0.39 is 0 Å². The third kappa shape index (κ3) is 5.07. The van der Waals surface area contributed by atoms with Crippen molar-refractivity contribution in [1.29, 1.82) is 0 Å². The number of carbonyl (C=O) groups is 1. The summed E-state index contributed by atoms with van der Waals surface area (Å²) < 4.78 is 9.05. The number of nitrogens with one attached hydrogen (secondary N) is 1. The highest BCUT2D eigenvalue weighted by Crippen LogP contribution is 2.27. The molecular weight excluding hydrogens is 535 g/mol. The Balaban J connectivity index is 1.37. The van der Waals surface area contributed by atoms with E-state index in [0.717, 1.165) is 36.9 Å². The van der Waals surface area contributed by atoms with E-state index in [0.29, 0.717) is 17.6 Å². The zero-order valence-corrected chi connectivity index (χ0v) is 21.0. The summed E-state index contributed by atoms with van der Waals surface area (Å²) in [6.07, 6.45) is 0. The summed E-state index contributed by atoms with van der Waals surface area (Å²) in [5, 5.41) is 14.4. The zero-order chi connectivity index (χ0) is 22.7. The lowest BCUT2D eigenvalue weighted by atomic mass is 10.1. The van der Waals surface area contributed by atoms with Crippen molar-refractivity contribution < 1.29 is 9.53 Å². The average Bonchev–Trinajstić information content (AvgIpc) is 3.12. The van der Waals surface area contributed by atoms with Crippen molar-refractivity contribution in [3.05, 3.63) is 75.1 Å². The molecule has 0 aliphatic rings. The summed E-state index contributed by atoms with van der Waals surface area (Å²) in [5.41, 5.74) is 2.98. The second-order valence-electron chi connectivity index (χ2n) is 7.48. The molecule has 1 heterocycles. The first kappa shape index (κ1) is 22.6. The number of nitrogens with zero attached hydrogens (tertiary/aromatic N) is 3. The summed E-state index contributed by atoms with van der Waals surface area (Å²) >= 11 is 3.64. The second kappa shape index (κ2) is 9.91. The number of halogens is 1. The molecule has 1 aromatic heterocycles. The third-order valence-electron chi connectivity index (χ3n) is 5.13. The van der Waals surface area contributed by atoms with Crippen LogP contribution in [0.2, 0.25) is 0 Å². The van der Waals surface area contributed by atoms with Crippen molar-refractivity contribution in [3.63, 3.8) is 0 Å². The van der Waals surface area contributed by atoms with Gasteiger partial charge in [0, 0.05) is 21.7 Å². The van der Waals surface area contributed by atoms with Gasteiger partial charge < -0.3 is 14.6 Å². The lowest BCUT2D eigenvalue weighted by Gasteiger charge is -2.12. The number of carbonyl (C=O) groups excluding carboxylic acids is 1. The molecule has 0 saturated carbocycles. The molecule has 8 heteroatoms. The highest BCUT2D eigenvalue weighted by Gasteiger charge is 2.14. The van der Waals surface area contributed by atoms with Gasteiger partial charge in [-0.2, -0.15) is 0 Å². The Kier molecular flexibility index (Phi) is 7.00. The number of rotatable bonds is 7. The largest absolute Gasteiger partial charge is 0.485 e. The number of hydrogen-bond donors (Lipinski definition) is 1. The van der Waals surface area contributed by atoms with Gasteiger partial charge in [-0.25, -0.2) is 0 Å². The number of aryl methyl sites for hydroxylation is 2. The van der Waals surface area contributed by atoms with Crippen molar-refractivity contribution in [1.82, 2.24) is 14.8 Å². The average molecular weight is 558 g/mol. The molecule has 0 unspecified atom stereocenters. The van der Waals surface area contributed by atoms with Gasteiger partial charge in [-0.15, -0.1) is 10.2 Å². The van der Waals surface area contributed by atoms with Crippen molar-refractivity contribution in [2.75, 3.05) is 11.1 Å². The molecule has 32 heavy (non-hydrogen) atoms. The monoisotopic (exact) mass is 558 g/mol. The number of aromatic nitrogens is 3. The number of fused-ring (bicyclic) bond motifs is 1. The standard InChI is InChI=1S/C24H23IN4O2S/c1-15-11-18(25)12-16(2)23(15)26-22(30)14-32-24-28-27-21(29(24)3)13-31-20-10-6-8-17-7-4-5-9-19(17)20/h4-12H,13-14H2,1-3H3,(H,26,30). The molecule has 0 bridgehead atoms. The molecule has 0 fully saturated rings. The molecule has 0 radical (unpaired) electrons. The van der Waals surface area contributed by atoms with Crippen LogP contribution in [0.1, 0.15) is 17.0 Å². The molecule has 4 aromatic rings.